The number of para-hydroxylation sites is 1. The topological polar surface area (TPSA) is 49.9 Å². The van der Waals surface area contributed by atoms with Crippen LogP contribution in [0.1, 0.15) is 42.5 Å². The van der Waals surface area contributed by atoms with Gasteiger partial charge < -0.3 is 14.5 Å². The molecule has 0 N–H and O–H groups in total. The summed E-state index contributed by atoms with van der Waals surface area (Å²) in [4.78, 5) is 29.2. The van der Waals surface area contributed by atoms with E-state index in [9.17, 15) is 9.59 Å². The zero-order valence-corrected chi connectivity index (χ0v) is 14.4. The first-order valence-corrected chi connectivity index (χ1v) is 8.92. The van der Waals surface area contributed by atoms with Crippen molar-refractivity contribution in [3.8, 4) is 5.75 Å². The highest BCUT2D eigenvalue weighted by molar-refractivity contribution is 5.97. The van der Waals surface area contributed by atoms with Crippen LogP contribution in [0.4, 0.5) is 0 Å². The molecular weight excluding hydrogens is 304 g/mol. The number of hydrogen-bond acceptors (Lipinski definition) is 3. The van der Waals surface area contributed by atoms with Gasteiger partial charge in [0.15, 0.2) is 0 Å². The van der Waals surface area contributed by atoms with E-state index >= 15 is 0 Å². The van der Waals surface area contributed by atoms with E-state index in [2.05, 4.69) is 0 Å². The smallest absolute Gasteiger partial charge is 0.257 e. The highest BCUT2D eigenvalue weighted by atomic mass is 16.5. The van der Waals surface area contributed by atoms with Crippen LogP contribution in [0.3, 0.4) is 0 Å². The summed E-state index contributed by atoms with van der Waals surface area (Å²) in [6.45, 7) is 2.67. The lowest BCUT2D eigenvalue weighted by Gasteiger charge is -2.24. The van der Waals surface area contributed by atoms with Crippen LogP contribution >= 0.6 is 0 Å². The lowest BCUT2D eigenvalue weighted by atomic mass is 10.1. The van der Waals surface area contributed by atoms with Gasteiger partial charge in [-0.1, -0.05) is 25.0 Å². The molecule has 1 aliphatic heterocycles. The number of methoxy groups -OCH3 is 1. The van der Waals surface area contributed by atoms with Gasteiger partial charge in [0.1, 0.15) is 5.75 Å². The summed E-state index contributed by atoms with van der Waals surface area (Å²) < 4.78 is 5.30. The van der Waals surface area contributed by atoms with Gasteiger partial charge in [0.25, 0.3) is 5.91 Å². The molecule has 1 saturated heterocycles. The minimum Gasteiger partial charge on any atom is -0.496 e. The summed E-state index contributed by atoms with van der Waals surface area (Å²) in [5, 5.41) is 0. The summed E-state index contributed by atoms with van der Waals surface area (Å²) in [6, 6.07) is 7.32. The average Bonchev–Trinajstić information content (AvgIpc) is 3.05. The molecule has 1 aliphatic carbocycles. The minimum absolute atomic E-state index is 0.0115. The van der Waals surface area contributed by atoms with Crippen molar-refractivity contribution in [3.63, 3.8) is 0 Å². The number of rotatable bonds is 3. The molecule has 2 amide bonds. The van der Waals surface area contributed by atoms with Gasteiger partial charge in [0.2, 0.25) is 5.91 Å². The summed E-state index contributed by atoms with van der Waals surface area (Å²) >= 11 is 0. The lowest BCUT2D eigenvalue weighted by Crippen LogP contribution is -2.39. The van der Waals surface area contributed by atoms with Gasteiger partial charge in [0.05, 0.1) is 12.7 Å². The molecular formula is C19H26N2O3. The quantitative estimate of drug-likeness (QED) is 0.856. The molecule has 3 rings (SSSR count). The Kier molecular flexibility index (Phi) is 5.38. The van der Waals surface area contributed by atoms with E-state index in [1.165, 1.54) is 12.8 Å². The van der Waals surface area contributed by atoms with Gasteiger partial charge in [0, 0.05) is 32.1 Å². The molecule has 5 nitrogen and oxygen atoms in total. The van der Waals surface area contributed by atoms with Crippen molar-refractivity contribution < 1.29 is 14.3 Å². The molecule has 1 heterocycles. The normalized spacial score (nSPS) is 19.2. The Bertz CT molecular complexity index is 596. The molecule has 0 spiro atoms. The molecule has 1 aromatic rings. The fourth-order valence-corrected chi connectivity index (χ4v) is 3.76. The van der Waals surface area contributed by atoms with Crippen LogP contribution in [0, 0.1) is 5.92 Å². The van der Waals surface area contributed by atoms with E-state index in [-0.39, 0.29) is 11.8 Å². The van der Waals surface area contributed by atoms with Gasteiger partial charge >= 0.3 is 0 Å². The van der Waals surface area contributed by atoms with Crippen LogP contribution in [-0.2, 0) is 4.79 Å². The second kappa shape index (κ2) is 7.69. The van der Waals surface area contributed by atoms with Crippen molar-refractivity contribution in [2.45, 2.75) is 32.1 Å². The highest BCUT2D eigenvalue weighted by Crippen LogP contribution is 2.27. The Labute approximate surface area is 143 Å². The van der Waals surface area contributed by atoms with Crippen LogP contribution < -0.4 is 4.74 Å². The van der Waals surface area contributed by atoms with Gasteiger partial charge in [-0.25, -0.2) is 0 Å². The van der Waals surface area contributed by atoms with Crippen LogP contribution in [0.2, 0.25) is 0 Å². The summed E-state index contributed by atoms with van der Waals surface area (Å²) in [5.74, 6) is 1.09. The maximum absolute atomic E-state index is 12.8. The molecule has 1 saturated carbocycles. The maximum Gasteiger partial charge on any atom is 0.257 e. The monoisotopic (exact) mass is 330 g/mol. The van der Waals surface area contributed by atoms with Crippen molar-refractivity contribution in [1.29, 1.82) is 0 Å². The van der Waals surface area contributed by atoms with Crippen LogP contribution in [-0.4, -0.2) is 54.9 Å². The summed E-state index contributed by atoms with van der Waals surface area (Å²) in [7, 11) is 1.58. The van der Waals surface area contributed by atoms with Gasteiger partial charge in [-0.05, 0) is 31.4 Å². The Morgan fingerprint density at radius 3 is 2.38 bits per heavy atom. The molecule has 0 unspecified atom stereocenters. The third kappa shape index (κ3) is 3.55. The van der Waals surface area contributed by atoms with Crippen molar-refractivity contribution >= 4 is 11.8 Å². The highest BCUT2D eigenvalue weighted by Gasteiger charge is 2.29. The fraction of sp³-hybridized carbons (Fsp3) is 0.579. The van der Waals surface area contributed by atoms with Crippen LogP contribution in [0.25, 0.3) is 0 Å². The summed E-state index contributed by atoms with van der Waals surface area (Å²) in [5.41, 5.74) is 0.593. The van der Waals surface area contributed by atoms with Crippen molar-refractivity contribution in [3.05, 3.63) is 29.8 Å². The Morgan fingerprint density at radius 1 is 0.958 bits per heavy atom. The molecule has 0 atom stereocenters. The predicted molar refractivity (Wildman–Crippen MR) is 92.1 cm³/mol. The van der Waals surface area contributed by atoms with Crippen molar-refractivity contribution in [2.24, 2.45) is 5.92 Å². The number of benzene rings is 1. The molecule has 5 heteroatoms. The van der Waals surface area contributed by atoms with Crippen molar-refractivity contribution in [1.82, 2.24) is 9.80 Å². The van der Waals surface area contributed by atoms with E-state index in [4.69, 9.17) is 4.74 Å². The number of carbonyl (C=O) groups excluding carboxylic acids is 2. The molecule has 0 bridgehead atoms. The number of ether oxygens (including phenoxy) is 1. The minimum atomic E-state index is -0.0115. The maximum atomic E-state index is 12.8. The third-order valence-corrected chi connectivity index (χ3v) is 5.14. The predicted octanol–water partition coefficient (Wildman–Crippen LogP) is 2.56. The Morgan fingerprint density at radius 2 is 1.62 bits per heavy atom. The van der Waals surface area contributed by atoms with Gasteiger partial charge in [-0.2, -0.15) is 0 Å². The van der Waals surface area contributed by atoms with Gasteiger partial charge in [-0.3, -0.25) is 9.59 Å². The largest absolute Gasteiger partial charge is 0.496 e. The van der Waals surface area contributed by atoms with E-state index in [0.29, 0.717) is 36.9 Å². The standard InChI is InChI=1S/C19H26N2O3/c1-24-17-10-5-4-9-16(17)19(23)21-12-6-11-20(13-14-21)18(22)15-7-2-3-8-15/h4-5,9-10,15H,2-3,6-8,11-14H2,1H3. The average molecular weight is 330 g/mol. The SMILES string of the molecule is COc1ccccc1C(=O)N1CCCN(C(=O)C2CCCC2)CC1. The first-order chi connectivity index (χ1) is 11.7. The van der Waals surface area contributed by atoms with Crippen molar-refractivity contribution in [2.75, 3.05) is 33.3 Å². The Hall–Kier alpha value is -2.04. The van der Waals surface area contributed by atoms with E-state index in [1.807, 2.05) is 21.9 Å². The molecule has 2 aliphatic rings. The zero-order valence-electron chi connectivity index (χ0n) is 14.4. The van der Waals surface area contributed by atoms with Crippen LogP contribution in [0.5, 0.6) is 5.75 Å². The van der Waals surface area contributed by atoms with E-state index in [0.717, 1.165) is 25.8 Å². The molecule has 1 aromatic carbocycles. The Balaban J connectivity index is 1.64. The van der Waals surface area contributed by atoms with E-state index in [1.54, 1.807) is 19.2 Å². The zero-order chi connectivity index (χ0) is 16.9. The fourth-order valence-electron chi connectivity index (χ4n) is 3.76. The summed E-state index contributed by atoms with van der Waals surface area (Å²) in [6.07, 6.45) is 5.23. The molecule has 130 valence electrons. The molecule has 24 heavy (non-hydrogen) atoms. The van der Waals surface area contributed by atoms with E-state index < -0.39 is 0 Å². The van der Waals surface area contributed by atoms with Crippen LogP contribution in [0.15, 0.2) is 24.3 Å². The molecule has 2 fully saturated rings. The first kappa shape index (κ1) is 16.8. The lowest BCUT2D eigenvalue weighted by molar-refractivity contribution is -0.135. The second-order valence-electron chi connectivity index (χ2n) is 6.65. The molecule has 0 aromatic heterocycles. The first-order valence-electron chi connectivity index (χ1n) is 8.92. The number of nitrogens with zero attached hydrogens (tertiary/aromatic N) is 2. The van der Waals surface area contributed by atoms with Gasteiger partial charge in [-0.15, -0.1) is 0 Å². The molecule has 0 radical (unpaired) electrons. The number of carbonyl (C=O) groups is 2. The second-order valence-corrected chi connectivity index (χ2v) is 6.65. The number of hydrogen-bond donors (Lipinski definition) is 0. The third-order valence-electron chi connectivity index (χ3n) is 5.14. The number of amides is 2.